The van der Waals surface area contributed by atoms with Crippen LogP contribution < -0.4 is 10.6 Å². The molecule has 0 radical (unpaired) electrons. The summed E-state index contributed by atoms with van der Waals surface area (Å²) in [6, 6.07) is 16.2. The number of carboxylic acid groups (broad SMARTS) is 1. The quantitative estimate of drug-likeness (QED) is 0.562. The Labute approximate surface area is 193 Å². The van der Waals surface area contributed by atoms with Gasteiger partial charge >= 0.3 is 12.1 Å². The number of hydrogen-bond donors (Lipinski definition) is 3. The van der Waals surface area contributed by atoms with Gasteiger partial charge < -0.3 is 20.5 Å². The summed E-state index contributed by atoms with van der Waals surface area (Å²) in [5, 5.41) is 14.8. The van der Waals surface area contributed by atoms with E-state index in [1.807, 2.05) is 24.3 Å². The molecule has 1 unspecified atom stereocenters. The van der Waals surface area contributed by atoms with E-state index < -0.39 is 23.5 Å². The first kappa shape index (κ1) is 22.8. The Morgan fingerprint density at radius 2 is 1.61 bits per heavy atom. The highest BCUT2D eigenvalue weighted by atomic mass is 16.5. The van der Waals surface area contributed by atoms with Gasteiger partial charge in [-0.1, -0.05) is 68.3 Å². The van der Waals surface area contributed by atoms with Crippen molar-refractivity contribution < 1.29 is 24.2 Å². The molecule has 174 valence electrons. The topological polar surface area (TPSA) is 105 Å². The summed E-state index contributed by atoms with van der Waals surface area (Å²) in [5.74, 6) is -1.99. The fourth-order valence-corrected chi connectivity index (χ4v) is 5.01. The molecular formula is C26H30N2O5. The summed E-state index contributed by atoms with van der Waals surface area (Å²) in [6.45, 7) is 1.98. The van der Waals surface area contributed by atoms with E-state index in [1.165, 1.54) is 0 Å². The van der Waals surface area contributed by atoms with Crippen LogP contribution in [0.4, 0.5) is 4.79 Å². The van der Waals surface area contributed by atoms with Gasteiger partial charge in [0.25, 0.3) is 0 Å². The van der Waals surface area contributed by atoms with E-state index in [2.05, 4.69) is 34.9 Å². The van der Waals surface area contributed by atoms with Crippen LogP contribution in [0, 0.1) is 5.92 Å². The highest BCUT2D eigenvalue weighted by molar-refractivity contribution is 5.90. The highest BCUT2D eigenvalue weighted by Crippen LogP contribution is 2.44. The summed E-state index contributed by atoms with van der Waals surface area (Å²) in [7, 11) is 0. The van der Waals surface area contributed by atoms with Crippen LogP contribution in [0.15, 0.2) is 48.5 Å². The van der Waals surface area contributed by atoms with Crippen LogP contribution in [-0.4, -0.2) is 41.8 Å². The molecule has 0 bridgehead atoms. The number of fused-ring (bicyclic) bond motifs is 3. The molecule has 2 aliphatic rings. The standard InChI is InChI=1S/C26H30N2O5/c1-2-17(23(29)30)15-27-24(31)26(13-7-8-14-26)28-25(32)33-16-22-20-11-5-3-9-18(20)19-10-4-6-12-21(19)22/h3-6,9-12,17,22H,2,7-8,13-16H2,1H3,(H,27,31)(H,28,32)(H,29,30). The Balaban J connectivity index is 1.41. The summed E-state index contributed by atoms with van der Waals surface area (Å²) in [4.78, 5) is 37.0. The van der Waals surface area contributed by atoms with Gasteiger partial charge in [0, 0.05) is 12.5 Å². The first-order valence-corrected chi connectivity index (χ1v) is 11.6. The lowest BCUT2D eigenvalue weighted by molar-refractivity contribution is -0.142. The smallest absolute Gasteiger partial charge is 0.408 e. The average Bonchev–Trinajstić information content (AvgIpc) is 3.41. The first-order valence-electron chi connectivity index (χ1n) is 11.6. The summed E-state index contributed by atoms with van der Waals surface area (Å²) < 4.78 is 5.64. The normalized spacial score (nSPS) is 17.0. The molecule has 1 fully saturated rings. The van der Waals surface area contributed by atoms with Crippen molar-refractivity contribution in [2.45, 2.75) is 50.5 Å². The van der Waals surface area contributed by atoms with Crippen LogP contribution >= 0.6 is 0 Å². The second-order valence-corrected chi connectivity index (χ2v) is 8.89. The average molecular weight is 451 g/mol. The molecule has 2 amide bonds. The maximum Gasteiger partial charge on any atom is 0.408 e. The number of carbonyl (C=O) groups is 3. The zero-order chi connectivity index (χ0) is 23.4. The molecule has 7 nitrogen and oxygen atoms in total. The van der Waals surface area contributed by atoms with Crippen molar-refractivity contribution in [1.29, 1.82) is 0 Å². The Hall–Kier alpha value is -3.35. The summed E-state index contributed by atoms with van der Waals surface area (Å²) in [5.41, 5.74) is 3.49. The van der Waals surface area contributed by atoms with Crippen LogP contribution in [0.1, 0.15) is 56.1 Å². The van der Waals surface area contributed by atoms with Gasteiger partial charge in [-0.15, -0.1) is 0 Å². The number of amides is 2. The van der Waals surface area contributed by atoms with Gasteiger partial charge in [-0.2, -0.15) is 0 Å². The summed E-state index contributed by atoms with van der Waals surface area (Å²) >= 11 is 0. The largest absolute Gasteiger partial charge is 0.481 e. The molecule has 0 heterocycles. The van der Waals surface area contributed by atoms with Crippen LogP contribution in [0.25, 0.3) is 11.1 Å². The molecule has 0 aromatic heterocycles. The first-order chi connectivity index (χ1) is 15.9. The molecule has 0 aliphatic heterocycles. The van der Waals surface area contributed by atoms with Crippen molar-refractivity contribution >= 4 is 18.0 Å². The number of rotatable bonds is 8. The fourth-order valence-electron chi connectivity index (χ4n) is 5.01. The van der Waals surface area contributed by atoms with Gasteiger partial charge in [-0.25, -0.2) is 4.79 Å². The molecule has 2 aromatic rings. The van der Waals surface area contributed by atoms with E-state index in [0.29, 0.717) is 19.3 Å². The number of nitrogens with one attached hydrogen (secondary N) is 2. The number of carboxylic acids is 1. The molecule has 7 heteroatoms. The number of benzene rings is 2. The number of alkyl carbamates (subject to hydrolysis) is 1. The molecule has 2 aliphatic carbocycles. The SMILES string of the molecule is CCC(CNC(=O)C1(NC(=O)OCC2c3ccccc3-c3ccccc32)CCCC1)C(=O)O. The molecule has 2 aromatic carbocycles. The zero-order valence-electron chi connectivity index (χ0n) is 18.8. The third-order valence-corrected chi connectivity index (χ3v) is 6.93. The third-order valence-electron chi connectivity index (χ3n) is 6.93. The van der Waals surface area contributed by atoms with E-state index in [0.717, 1.165) is 35.1 Å². The molecule has 3 N–H and O–H groups in total. The van der Waals surface area contributed by atoms with Crippen LogP contribution in [0.3, 0.4) is 0 Å². The lowest BCUT2D eigenvalue weighted by atomic mass is 9.96. The third kappa shape index (κ3) is 4.58. The molecular weight excluding hydrogens is 420 g/mol. The van der Waals surface area contributed by atoms with Crippen molar-refractivity contribution in [3.8, 4) is 11.1 Å². The maximum absolute atomic E-state index is 13.0. The lowest BCUT2D eigenvalue weighted by Crippen LogP contribution is -2.58. The van der Waals surface area contributed by atoms with Gasteiger partial charge in [0.15, 0.2) is 0 Å². The minimum absolute atomic E-state index is 0.0405. The van der Waals surface area contributed by atoms with E-state index in [9.17, 15) is 19.5 Å². The van der Waals surface area contributed by atoms with Gasteiger partial charge in [0.1, 0.15) is 12.1 Å². The number of carbonyl (C=O) groups excluding carboxylic acids is 2. The molecule has 1 saturated carbocycles. The van der Waals surface area contributed by atoms with Crippen LogP contribution in [0.2, 0.25) is 0 Å². The van der Waals surface area contributed by atoms with Crippen molar-refractivity contribution in [2.24, 2.45) is 5.92 Å². The van der Waals surface area contributed by atoms with E-state index >= 15 is 0 Å². The second kappa shape index (κ2) is 9.65. The lowest BCUT2D eigenvalue weighted by Gasteiger charge is -2.29. The van der Waals surface area contributed by atoms with Crippen LogP contribution in [-0.2, 0) is 14.3 Å². The zero-order valence-corrected chi connectivity index (χ0v) is 18.8. The second-order valence-electron chi connectivity index (χ2n) is 8.89. The molecule has 4 rings (SSSR count). The predicted octanol–water partition coefficient (Wildman–Crippen LogP) is 4.06. The minimum Gasteiger partial charge on any atom is -0.481 e. The van der Waals surface area contributed by atoms with E-state index in [4.69, 9.17) is 4.74 Å². The molecule has 0 saturated heterocycles. The minimum atomic E-state index is -1.06. The number of ether oxygens (including phenoxy) is 1. The van der Waals surface area contributed by atoms with E-state index in [-0.39, 0.29) is 25.0 Å². The van der Waals surface area contributed by atoms with Gasteiger partial charge in [-0.3, -0.25) is 9.59 Å². The predicted molar refractivity (Wildman–Crippen MR) is 124 cm³/mol. The fraction of sp³-hybridized carbons (Fsp3) is 0.423. The Morgan fingerprint density at radius 1 is 1.03 bits per heavy atom. The van der Waals surface area contributed by atoms with E-state index in [1.54, 1.807) is 6.92 Å². The van der Waals surface area contributed by atoms with Gasteiger partial charge in [-0.05, 0) is 41.5 Å². The summed E-state index contributed by atoms with van der Waals surface area (Å²) in [6.07, 6.45) is 2.43. The molecule has 33 heavy (non-hydrogen) atoms. The van der Waals surface area contributed by atoms with Gasteiger partial charge in [0.2, 0.25) is 5.91 Å². The Morgan fingerprint density at radius 3 is 2.15 bits per heavy atom. The van der Waals surface area contributed by atoms with Crippen molar-refractivity contribution in [3.63, 3.8) is 0 Å². The van der Waals surface area contributed by atoms with Gasteiger partial charge in [0.05, 0.1) is 5.92 Å². The highest BCUT2D eigenvalue weighted by Gasteiger charge is 2.43. The van der Waals surface area contributed by atoms with Crippen molar-refractivity contribution in [2.75, 3.05) is 13.2 Å². The molecule has 0 spiro atoms. The number of aliphatic carboxylic acids is 1. The van der Waals surface area contributed by atoms with Crippen LogP contribution in [0.5, 0.6) is 0 Å². The number of hydrogen-bond acceptors (Lipinski definition) is 4. The maximum atomic E-state index is 13.0. The molecule has 1 atom stereocenters. The monoisotopic (exact) mass is 450 g/mol. The Bertz CT molecular complexity index is 999. The van der Waals surface area contributed by atoms with Crippen molar-refractivity contribution in [1.82, 2.24) is 10.6 Å². The van der Waals surface area contributed by atoms with Crippen molar-refractivity contribution in [3.05, 3.63) is 59.7 Å². The Kier molecular flexibility index (Phi) is 6.67.